The SMILES string of the molecule is O=CC(CCCc1ccccc1)[SH]1C=CC=C1. The molecule has 0 amide bonds. The van der Waals surface area contributed by atoms with E-state index in [4.69, 9.17) is 0 Å². The van der Waals surface area contributed by atoms with Crippen molar-refractivity contribution >= 4 is 17.2 Å². The van der Waals surface area contributed by atoms with Gasteiger partial charge in [0.05, 0.1) is 0 Å². The van der Waals surface area contributed by atoms with E-state index in [1.807, 2.05) is 6.07 Å². The van der Waals surface area contributed by atoms with Gasteiger partial charge in [-0.05, 0) is 35.6 Å². The first kappa shape index (κ1) is 12.2. The summed E-state index contributed by atoms with van der Waals surface area (Å²) < 4.78 is 0. The fraction of sp³-hybridized carbons (Fsp3) is 0.267. The van der Waals surface area contributed by atoms with Crippen molar-refractivity contribution in [1.82, 2.24) is 0 Å². The number of aldehydes is 1. The molecule has 0 saturated carbocycles. The van der Waals surface area contributed by atoms with E-state index in [9.17, 15) is 4.79 Å². The molecule has 0 N–H and O–H groups in total. The average molecular weight is 246 g/mol. The maximum Gasteiger partial charge on any atom is 0.131 e. The number of carbonyl (C=O) groups is 1. The van der Waals surface area contributed by atoms with Crippen molar-refractivity contribution in [3.8, 4) is 0 Å². The van der Waals surface area contributed by atoms with Crippen LogP contribution in [0.5, 0.6) is 0 Å². The lowest BCUT2D eigenvalue weighted by molar-refractivity contribution is -0.107. The highest BCUT2D eigenvalue weighted by atomic mass is 32.2. The van der Waals surface area contributed by atoms with Gasteiger partial charge in [-0.2, -0.15) is 0 Å². The second-order valence-corrected chi connectivity index (χ2v) is 6.37. The molecule has 1 nitrogen and oxygen atoms in total. The van der Waals surface area contributed by atoms with Crippen LogP contribution in [0.2, 0.25) is 0 Å². The molecule has 1 aliphatic rings. The number of aryl methyl sites for hydroxylation is 1. The smallest absolute Gasteiger partial charge is 0.131 e. The van der Waals surface area contributed by atoms with Gasteiger partial charge in [-0.1, -0.05) is 42.5 Å². The fourth-order valence-corrected chi connectivity index (χ4v) is 3.78. The summed E-state index contributed by atoms with van der Waals surface area (Å²) in [6, 6.07) is 10.5. The first-order valence-electron chi connectivity index (χ1n) is 6.02. The second-order valence-electron chi connectivity index (χ2n) is 4.21. The lowest BCUT2D eigenvalue weighted by atomic mass is 10.1. The molecule has 1 unspecified atom stereocenters. The van der Waals surface area contributed by atoms with Gasteiger partial charge in [0.15, 0.2) is 0 Å². The van der Waals surface area contributed by atoms with Crippen molar-refractivity contribution in [3.05, 3.63) is 58.9 Å². The van der Waals surface area contributed by atoms with E-state index >= 15 is 0 Å². The van der Waals surface area contributed by atoms with E-state index in [1.165, 1.54) is 5.56 Å². The quantitative estimate of drug-likeness (QED) is 0.599. The maximum atomic E-state index is 11.1. The van der Waals surface area contributed by atoms with E-state index in [2.05, 4.69) is 47.2 Å². The number of thiol groups is 1. The first-order valence-corrected chi connectivity index (χ1v) is 7.57. The van der Waals surface area contributed by atoms with Crippen molar-refractivity contribution in [2.24, 2.45) is 0 Å². The molecule has 0 aliphatic carbocycles. The molecule has 1 heterocycles. The fourth-order valence-electron chi connectivity index (χ4n) is 2.02. The standard InChI is InChI=1S/C15H18OS/c16-13-15(17-11-4-5-12-17)10-6-9-14-7-2-1-3-8-14/h1-5,7-8,11-13,15,17H,6,9-10H2. The van der Waals surface area contributed by atoms with E-state index in [0.717, 1.165) is 25.5 Å². The molecule has 0 saturated heterocycles. The molecule has 0 radical (unpaired) electrons. The van der Waals surface area contributed by atoms with E-state index < -0.39 is 0 Å². The van der Waals surface area contributed by atoms with Crippen LogP contribution in [-0.4, -0.2) is 11.5 Å². The van der Waals surface area contributed by atoms with Crippen LogP contribution in [-0.2, 0) is 11.2 Å². The van der Waals surface area contributed by atoms with Crippen molar-refractivity contribution in [3.63, 3.8) is 0 Å². The van der Waals surface area contributed by atoms with Gasteiger partial charge in [-0.3, -0.25) is 0 Å². The summed E-state index contributed by atoms with van der Waals surface area (Å²) in [5.41, 5.74) is 1.36. The van der Waals surface area contributed by atoms with E-state index in [-0.39, 0.29) is 16.1 Å². The molecule has 0 aromatic heterocycles. The highest BCUT2D eigenvalue weighted by Gasteiger charge is 2.13. The predicted molar refractivity (Wildman–Crippen MR) is 76.5 cm³/mol. The van der Waals surface area contributed by atoms with Crippen molar-refractivity contribution in [2.75, 3.05) is 0 Å². The Bertz CT molecular complexity index is 396. The minimum absolute atomic E-state index is 0.212. The molecular weight excluding hydrogens is 228 g/mol. The van der Waals surface area contributed by atoms with Gasteiger partial charge in [0.2, 0.25) is 0 Å². The Hall–Kier alpha value is -1.28. The third-order valence-corrected chi connectivity index (χ3v) is 5.15. The van der Waals surface area contributed by atoms with Crippen LogP contribution in [0.1, 0.15) is 18.4 Å². The van der Waals surface area contributed by atoms with Crippen molar-refractivity contribution in [2.45, 2.75) is 24.5 Å². The molecular formula is C15H18OS. The molecule has 17 heavy (non-hydrogen) atoms. The third kappa shape index (κ3) is 3.60. The minimum Gasteiger partial charge on any atom is -0.302 e. The predicted octanol–water partition coefficient (Wildman–Crippen LogP) is 3.62. The maximum absolute atomic E-state index is 11.1. The summed E-state index contributed by atoms with van der Waals surface area (Å²) in [6.07, 6.45) is 8.41. The van der Waals surface area contributed by atoms with Crippen molar-refractivity contribution < 1.29 is 4.79 Å². The molecule has 0 bridgehead atoms. The number of benzene rings is 1. The normalized spacial score (nSPS) is 17.3. The van der Waals surface area contributed by atoms with Crippen LogP contribution in [0.3, 0.4) is 0 Å². The monoisotopic (exact) mass is 246 g/mol. The van der Waals surface area contributed by atoms with Gasteiger partial charge in [-0.15, -0.1) is 0 Å². The minimum atomic E-state index is -0.318. The first-order chi connectivity index (χ1) is 8.40. The molecule has 2 heteroatoms. The van der Waals surface area contributed by atoms with Crippen LogP contribution in [0.4, 0.5) is 0 Å². The van der Waals surface area contributed by atoms with Crippen LogP contribution < -0.4 is 0 Å². The number of hydrogen-bond acceptors (Lipinski definition) is 1. The van der Waals surface area contributed by atoms with E-state index in [0.29, 0.717) is 0 Å². The van der Waals surface area contributed by atoms with Gasteiger partial charge in [-0.25, -0.2) is 10.9 Å². The highest BCUT2D eigenvalue weighted by Crippen LogP contribution is 2.39. The van der Waals surface area contributed by atoms with E-state index in [1.54, 1.807) is 0 Å². The summed E-state index contributed by atoms with van der Waals surface area (Å²) >= 11 is 0. The van der Waals surface area contributed by atoms with Crippen LogP contribution in [0.15, 0.2) is 53.3 Å². The molecule has 2 rings (SSSR count). The summed E-state index contributed by atoms with van der Waals surface area (Å²) in [7, 11) is -0.318. The molecule has 0 fully saturated rings. The van der Waals surface area contributed by atoms with Crippen LogP contribution >= 0.6 is 10.9 Å². The van der Waals surface area contributed by atoms with Gasteiger partial charge in [0, 0.05) is 5.25 Å². The molecule has 1 aromatic carbocycles. The largest absolute Gasteiger partial charge is 0.302 e. The Labute approximate surface area is 106 Å². The Balaban J connectivity index is 1.79. The summed E-state index contributed by atoms with van der Waals surface area (Å²) in [4.78, 5) is 11.1. The Morgan fingerprint density at radius 2 is 1.82 bits per heavy atom. The molecule has 90 valence electrons. The highest BCUT2D eigenvalue weighted by molar-refractivity contribution is 8.23. The molecule has 1 atom stereocenters. The van der Waals surface area contributed by atoms with Gasteiger partial charge in [0.25, 0.3) is 0 Å². The number of rotatable bonds is 6. The third-order valence-electron chi connectivity index (χ3n) is 2.98. The average Bonchev–Trinajstić information content (AvgIpc) is 2.90. The lowest BCUT2D eigenvalue weighted by Gasteiger charge is -2.18. The Morgan fingerprint density at radius 1 is 1.12 bits per heavy atom. The second kappa shape index (κ2) is 6.45. The lowest BCUT2D eigenvalue weighted by Crippen LogP contribution is -2.07. The number of allylic oxidation sites excluding steroid dienone is 2. The van der Waals surface area contributed by atoms with Crippen molar-refractivity contribution in [1.29, 1.82) is 0 Å². The van der Waals surface area contributed by atoms with Gasteiger partial charge < -0.3 is 4.79 Å². The number of hydrogen-bond donors (Lipinski definition) is 1. The zero-order chi connectivity index (χ0) is 11.9. The zero-order valence-corrected chi connectivity index (χ0v) is 10.7. The Kier molecular flexibility index (Phi) is 4.63. The van der Waals surface area contributed by atoms with Gasteiger partial charge >= 0.3 is 0 Å². The van der Waals surface area contributed by atoms with Crippen LogP contribution in [0, 0.1) is 0 Å². The van der Waals surface area contributed by atoms with Gasteiger partial charge in [0.1, 0.15) is 6.29 Å². The Morgan fingerprint density at radius 3 is 2.47 bits per heavy atom. The number of carbonyl (C=O) groups excluding carboxylic acids is 1. The summed E-state index contributed by atoms with van der Waals surface area (Å²) in [6.45, 7) is 0. The summed E-state index contributed by atoms with van der Waals surface area (Å²) in [5.74, 6) is 0. The molecule has 0 spiro atoms. The molecule has 1 aromatic rings. The topological polar surface area (TPSA) is 17.1 Å². The van der Waals surface area contributed by atoms with Crippen LogP contribution in [0.25, 0.3) is 0 Å². The summed E-state index contributed by atoms with van der Waals surface area (Å²) in [5, 5.41) is 4.57. The molecule has 1 aliphatic heterocycles. The zero-order valence-electron chi connectivity index (χ0n) is 9.83.